The summed E-state index contributed by atoms with van der Waals surface area (Å²) in [6.07, 6.45) is 1.12. The van der Waals surface area contributed by atoms with Gasteiger partial charge >= 0.3 is 18.2 Å². The number of ether oxygens (including phenoxy) is 3. The Hall–Kier alpha value is -3.50. The standard InChI is InChI=1S/C27H37N3O8/c1-27(2,3)22-23(31)30-15-18(13-20(30)24(32)33)38-26(35)29-14-17-9-8-10-21(19(17)16-29)36-11-6-4-5-7-12-37-25(34)28-22/h8-10,18,20,22H,4-7,11-16H2,1-3H3,(H,28,34)(H,32,33)/t18-,20?,22-/m1/s1. The molecule has 3 atom stereocenters. The van der Waals surface area contributed by atoms with Gasteiger partial charge in [-0.2, -0.15) is 0 Å². The second-order valence-electron chi connectivity index (χ2n) is 11.2. The zero-order chi connectivity index (χ0) is 27.4. The normalized spacial score (nSPS) is 25.6. The lowest BCUT2D eigenvalue weighted by Gasteiger charge is -2.34. The summed E-state index contributed by atoms with van der Waals surface area (Å²) >= 11 is 0. The number of carbonyl (C=O) groups excluding carboxylic acids is 3. The monoisotopic (exact) mass is 531 g/mol. The molecule has 3 heterocycles. The topological polar surface area (TPSA) is 135 Å². The number of carboxylic acids is 1. The van der Waals surface area contributed by atoms with Gasteiger partial charge in [-0.25, -0.2) is 14.4 Å². The van der Waals surface area contributed by atoms with Crippen molar-refractivity contribution in [2.75, 3.05) is 19.8 Å². The molecule has 0 spiro atoms. The Bertz CT molecular complexity index is 1070. The Morgan fingerprint density at radius 3 is 2.42 bits per heavy atom. The van der Waals surface area contributed by atoms with E-state index in [1.165, 1.54) is 4.90 Å². The highest BCUT2D eigenvalue weighted by Gasteiger charge is 2.46. The number of nitrogens with one attached hydrogen (secondary N) is 1. The van der Waals surface area contributed by atoms with Crippen LogP contribution in [0.4, 0.5) is 9.59 Å². The van der Waals surface area contributed by atoms with E-state index in [4.69, 9.17) is 14.2 Å². The summed E-state index contributed by atoms with van der Waals surface area (Å²) < 4.78 is 17.0. The van der Waals surface area contributed by atoms with Gasteiger partial charge in [0.05, 0.1) is 26.3 Å². The number of rotatable bonds is 1. The summed E-state index contributed by atoms with van der Waals surface area (Å²) in [4.78, 5) is 53.9. The number of cyclic esters (lactones) is 1. The number of amides is 3. The van der Waals surface area contributed by atoms with E-state index in [0.717, 1.165) is 36.1 Å². The van der Waals surface area contributed by atoms with E-state index in [1.807, 2.05) is 18.2 Å². The molecular weight excluding hydrogens is 494 g/mol. The fraction of sp³-hybridized carbons (Fsp3) is 0.630. The maximum Gasteiger partial charge on any atom is 0.410 e. The van der Waals surface area contributed by atoms with Gasteiger partial charge < -0.3 is 29.5 Å². The number of aliphatic carboxylic acids is 1. The Kier molecular flexibility index (Phi) is 8.32. The van der Waals surface area contributed by atoms with Gasteiger partial charge in [-0.05, 0) is 42.7 Å². The third kappa shape index (κ3) is 6.31. The van der Waals surface area contributed by atoms with Gasteiger partial charge in [-0.15, -0.1) is 0 Å². The molecule has 0 saturated carbocycles. The van der Waals surface area contributed by atoms with Crippen molar-refractivity contribution < 1.29 is 38.5 Å². The lowest BCUT2D eigenvalue weighted by Crippen LogP contribution is -2.57. The summed E-state index contributed by atoms with van der Waals surface area (Å²) in [7, 11) is 0. The lowest BCUT2D eigenvalue weighted by molar-refractivity contribution is -0.150. The quantitative estimate of drug-likeness (QED) is 0.564. The molecule has 11 nitrogen and oxygen atoms in total. The fourth-order valence-corrected chi connectivity index (χ4v) is 5.11. The molecule has 4 bridgehead atoms. The molecule has 3 aliphatic heterocycles. The molecule has 1 fully saturated rings. The maximum absolute atomic E-state index is 13.6. The van der Waals surface area contributed by atoms with E-state index in [9.17, 15) is 24.3 Å². The molecule has 1 aromatic carbocycles. The van der Waals surface area contributed by atoms with Gasteiger partial charge in [-0.3, -0.25) is 9.69 Å². The van der Waals surface area contributed by atoms with E-state index in [0.29, 0.717) is 26.1 Å². The number of hydrogen-bond acceptors (Lipinski definition) is 7. The van der Waals surface area contributed by atoms with Crippen molar-refractivity contribution in [3.8, 4) is 5.75 Å². The number of carbonyl (C=O) groups is 4. The number of fused-ring (bicyclic) bond motifs is 3. The molecule has 1 unspecified atom stereocenters. The minimum Gasteiger partial charge on any atom is -0.493 e. The highest BCUT2D eigenvalue weighted by molar-refractivity contribution is 5.90. The summed E-state index contributed by atoms with van der Waals surface area (Å²) in [5.41, 5.74) is 1.20. The molecule has 1 saturated heterocycles. The minimum atomic E-state index is -1.20. The average molecular weight is 532 g/mol. The first kappa shape index (κ1) is 27.5. The van der Waals surface area contributed by atoms with E-state index in [1.54, 1.807) is 25.7 Å². The van der Waals surface area contributed by atoms with E-state index in [2.05, 4.69) is 5.32 Å². The number of alkyl carbamates (subject to hydrolysis) is 1. The van der Waals surface area contributed by atoms with Crippen LogP contribution in [0.15, 0.2) is 18.2 Å². The SMILES string of the molecule is CC(C)(C)[C@@H]1NC(=O)OCCCCCCOc2cccc3c2CN(C3)C(=O)O[C@@H]2CC(C(=O)O)N(C2)C1=O. The first-order valence-corrected chi connectivity index (χ1v) is 13.2. The Balaban J connectivity index is 1.55. The van der Waals surface area contributed by atoms with Gasteiger partial charge in [0.25, 0.3) is 0 Å². The van der Waals surface area contributed by atoms with Gasteiger partial charge in [0.15, 0.2) is 0 Å². The van der Waals surface area contributed by atoms with Crippen LogP contribution in [0.1, 0.15) is 64.0 Å². The molecule has 208 valence electrons. The maximum atomic E-state index is 13.6. The smallest absolute Gasteiger partial charge is 0.410 e. The van der Waals surface area contributed by atoms with Crippen molar-refractivity contribution in [3.05, 3.63) is 29.3 Å². The molecule has 3 aliphatic rings. The van der Waals surface area contributed by atoms with Crippen LogP contribution in [-0.4, -0.2) is 76.9 Å². The average Bonchev–Trinajstić information content (AvgIpc) is 3.47. The third-order valence-corrected chi connectivity index (χ3v) is 7.20. The van der Waals surface area contributed by atoms with Gasteiger partial charge in [0.2, 0.25) is 5.91 Å². The molecule has 0 aliphatic carbocycles. The van der Waals surface area contributed by atoms with Gasteiger partial charge in [0.1, 0.15) is 23.9 Å². The number of nitrogens with zero attached hydrogens (tertiary/aromatic N) is 2. The van der Waals surface area contributed by atoms with E-state index >= 15 is 0 Å². The largest absolute Gasteiger partial charge is 0.493 e. The zero-order valence-corrected chi connectivity index (χ0v) is 22.2. The molecule has 0 radical (unpaired) electrons. The van der Waals surface area contributed by atoms with Crippen molar-refractivity contribution >= 4 is 24.1 Å². The number of benzene rings is 1. The summed E-state index contributed by atoms with van der Waals surface area (Å²) in [6, 6.07) is 3.53. The molecule has 11 heteroatoms. The minimum absolute atomic E-state index is 0.0384. The van der Waals surface area contributed by atoms with Crippen LogP contribution >= 0.6 is 0 Å². The summed E-state index contributed by atoms with van der Waals surface area (Å²) in [5.74, 6) is -1.01. The van der Waals surface area contributed by atoms with Crippen LogP contribution in [0.3, 0.4) is 0 Å². The van der Waals surface area contributed by atoms with Crippen LogP contribution in [0.5, 0.6) is 5.75 Å². The molecular formula is C27H37N3O8. The molecule has 1 aromatic rings. The highest BCUT2D eigenvalue weighted by atomic mass is 16.6. The zero-order valence-electron chi connectivity index (χ0n) is 22.2. The third-order valence-electron chi connectivity index (χ3n) is 7.20. The highest BCUT2D eigenvalue weighted by Crippen LogP contribution is 2.33. The predicted molar refractivity (Wildman–Crippen MR) is 135 cm³/mol. The van der Waals surface area contributed by atoms with Crippen LogP contribution in [-0.2, 0) is 32.2 Å². The van der Waals surface area contributed by atoms with Crippen molar-refractivity contribution in [1.82, 2.24) is 15.1 Å². The predicted octanol–water partition coefficient (Wildman–Crippen LogP) is 3.29. The number of hydrogen-bond donors (Lipinski definition) is 2. The van der Waals surface area contributed by atoms with Crippen molar-refractivity contribution in [3.63, 3.8) is 0 Å². The summed E-state index contributed by atoms with van der Waals surface area (Å²) in [5, 5.41) is 12.5. The van der Waals surface area contributed by atoms with Crippen molar-refractivity contribution in [1.29, 1.82) is 0 Å². The molecule has 2 N–H and O–H groups in total. The van der Waals surface area contributed by atoms with Crippen molar-refractivity contribution in [2.24, 2.45) is 5.41 Å². The lowest BCUT2D eigenvalue weighted by atomic mass is 9.85. The molecule has 0 aromatic heterocycles. The molecule has 4 rings (SSSR count). The van der Waals surface area contributed by atoms with Gasteiger partial charge in [-0.1, -0.05) is 32.9 Å². The van der Waals surface area contributed by atoms with E-state index < -0.39 is 47.7 Å². The molecule has 3 amide bonds. The molecule has 38 heavy (non-hydrogen) atoms. The van der Waals surface area contributed by atoms with Crippen molar-refractivity contribution in [2.45, 2.75) is 84.2 Å². The first-order chi connectivity index (χ1) is 18.0. The second-order valence-corrected chi connectivity index (χ2v) is 11.2. The first-order valence-electron chi connectivity index (χ1n) is 13.2. The Labute approximate surface area is 222 Å². The Morgan fingerprint density at radius 1 is 1.03 bits per heavy atom. The van der Waals surface area contributed by atoms with Gasteiger partial charge in [0, 0.05) is 18.5 Å². The van der Waals surface area contributed by atoms with Crippen LogP contribution < -0.4 is 10.1 Å². The van der Waals surface area contributed by atoms with Crippen LogP contribution in [0, 0.1) is 5.41 Å². The van der Waals surface area contributed by atoms with Crippen LogP contribution in [0.2, 0.25) is 0 Å². The van der Waals surface area contributed by atoms with Crippen LogP contribution in [0.25, 0.3) is 0 Å². The summed E-state index contributed by atoms with van der Waals surface area (Å²) in [6.45, 7) is 6.69. The second kappa shape index (κ2) is 11.5. The fourth-order valence-electron chi connectivity index (χ4n) is 5.11. The Morgan fingerprint density at radius 2 is 1.74 bits per heavy atom. The van der Waals surface area contributed by atoms with E-state index in [-0.39, 0.29) is 19.6 Å². The number of carboxylic acid groups (broad SMARTS) is 1.